The number of carbonyl (C=O) groups is 2. The number of fused-ring (bicyclic) bond motifs is 2. The van der Waals surface area contributed by atoms with Crippen LogP contribution in [0.2, 0.25) is 0 Å². The molecule has 0 spiro atoms. The van der Waals surface area contributed by atoms with Gasteiger partial charge in [-0.15, -0.1) is 0 Å². The van der Waals surface area contributed by atoms with Crippen LogP contribution in [0.5, 0.6) is 0 Å². The molecule has 1 aliphatic heterocycles. The number of imide groups is 1. The van der Waals surface area contributed by atoms with Gasteiger partial charge in [-0.2, -0.15) is 0 Å². The molecule has 0 bridgehead atoms. The first kappa shape index (κ1) is 22.6. The lowest BCUT2D eigenvalue weighted by Crippen LogP contribution is -2.39. The van der Waals surface area contributed by atoms with Gasteiger partial charge in [0.15, 0.2) is 0 Å². The molecule has 188 valence electrons. The Hall–Kier alpha value is -5.35. The van der Waals surface area contributed by atoms with Gasteiger partial charge in [0.25, 0.3) is 11.8 Å². The van der Waals surface area contributed by atoms with E-state index in [4.69, 9.17) is 0 Å². The fourth-order valence-corrected chi connectivity index (χ4v) is 6.17. The van der Waals surface area contributed by atoms with Crippen molar-refractivity contribution in [2.24, 2.45) is 4.99 Å². The highest BCUT2D eigenvalue weighted by molar-refractivity contribution is 6.38. The molecule has 1 heterocycles. The number of carbonyl (C=O) groups excluding carboxylic acids is 2. The summed E-state index contributed by atoms with van der Waals surface area (Å²) >= 11 is 0. The summed E-state index contributed by atoms with van der Waals surface area (Å²) < 4.78 is 0. The number of rotatable bonds is 4. The van der Waals surface area contributed by atoms with E-state index in [2.05, 4.69) is 41.4 Å². The van der Waals surface area contributed by atoms with E-state index in [1.165, 1.54) is 15.7 Å². The molecule has 8 rings (SSSR count). The molecule has 4 nitrogen and oxygen atoms in total. The molecule has 0 atom stereocenters. The summed E-state index contributed by atoms with van der Waals surface area (Å²) in [6.45, 7) is 0.209. The molecule has 0 saturated heterocycles. The lowest BCUT2D eigenvalue weighted by atomic mass is 9.85. The molecule has 0 aromatic heterocycles. The average molecular weight is 515 g/mol. The predicted octanol–water partition coefficient (Wildman–Crippen LogP) is 8.28. The third-order valence-corrected chi connectivity index (χ3v) is 8.04. The second kappa shape index (κ2) is 8.58. The van der Waals surface area contributed by atoms with E-state index < -0.39 is 0 Å². The Morgan fingerprint density at radius 1 is 0.550 bits per heavy atom. The highest BCUT2D eigenvalue weighted by atomic mass is 16.2. The zero-order chi connectivity index (χ0) is 26.8. The van der Waals surface area contributed by atoms with Crippen LogP contribution in [0.15, 0.2) is 120 Å². The van der Waals surface area contributed by atoms with Crippen LogP contribution >= 0.6 is 0 Å². The Kier molecular flexibility index (Phi) is 4.85. The summed E-state index contributed by atoms with van der Waals surface area (Å²) in [7, 11) is 0. The highest BCUT2D eigenvalue weighted by Crippen LogP contribution is 2.43. The van der Waals surface area contributed by atoms with E-state index in [0.717, 1.165) is 49.1 Å². The normalized spacial score (nSPS) is 13.6. The Labute approximate surface area is 230 Å². The molecule has 40 heavy (non-hydrogen) atoms. The molecule has 4 heteroatoms. The standard InChI is InChI=1S/C36H22N2O2/c39-35-30-18-16-28-26-10-4-6-24-7-5-11-27(32(24)26)29-17-19-31(34(30)33(28)29)36(40)38(35)21-23-14-12-22(13-15-23)20-37-25-8-2-1-3-9-25/h1-20H,21H2. The van der Waals surface area contributed by atoms with Crippen molar-refractivity contribution in [3.8, 4) is 0 Å². The van der Waals surface area contributed by atoms with E-state index in [1.54, 1.807) is 0 Å². The maximum Gasteiger partial charge on any atom is 0.261 e. The third-order valence-electron chi connectivity index (χ3n) is 8.04. The molecule has 0 radical (unpaired) electrons. The van der Waals surface area contributed by atoms with Crippen molar-refractivity contribution in [3.63, 3.8) is 0 Å². The smallest absolute Gasteiger partial charge is 0.261 e. The van der Waals surface area contributed by atoms with Crippen LogP contribution in [-0.2, 0) is 6.54 Å². The largest absolute Gasteiger partial charge is 0.270 e. The number of benzene rings is 7. The maximum atomic E-state index is 13.8. The van der Waals surface area contributed by atoms with Crippen LogP contribution in [0, 0.1) is 0 Å². The minimum Gasteiger partial charge on any atom is -0.270 e. The van der Waals surface area contributed by atoms with Gasteiger partial charge in [0.1, 0.15) is 0 Å². The SMILES string of the molecule is O=C1c2ccc3c4cccc5cccc(c6ccc(c2c36)C(=O)N1Cc1ccc(C=Nc2ccccc2)cc1)c54. The van der Waals surface area contributed by atoms with Crippen LogP contribution < -0.4 is 0 Å². The quantitative estimate of drug-likeness (QED) is 0.103. The Bertz CT molecular complexity index is 2060. The Morgan fingerprint density at radius 3 is 1.77 bits per heavy atom. The molecular weight excluding hydrogens is 492 g/mol. The summed E-state index contributed by atoms with van der Waals surface area (Å²) in [5.74, 6) is -0.513. The van der Waals surface area contributed by atoms with Gasteiger partial charge in [0.05, 0.1) is 12.2 Å². The molecule has 0 aliphatic carbocycles. The molecule has 7 aromatic carbocycles. The Balaban J connectivity index is 1.19. The number of para-hydroxylation sites is 1. The van der Waals surface area contributed by atoms with Crippen LogP contribution in [0.25, 0.3) is 43.1 Å². The minimum atomic E-state index is -0.256. The van der Waals surface area contributed by atoms with Crippen molar-refractivity contribution in [1.82, 2.24) is 4.90 Å². The molecule has 0 saturated carbocycles. The first-order valence-electron chi connectivity index (χ1n) is 13.3. The van der Waals surface area contributed by atoms with Crippen molar-refractivity contribution < 1.29 is 9.59 Å². The first-order chi connectivity index (χ1) is 19.7. The van der Waals surface area contributed by atoms with Crippen molar-refractivity contribution in [2.45, 2.75) is 6.54 Å². The predicted molar refractivity (Wildman–Crippen MR) is 162 cm³/mol. The second-order valence-electron chi connectivity index (χ2n) is 10.3. The minimum absolute atomic E-state index is 0.209. The molecule has 7 aromatic rings. The summed E-state index contributed by atoms with van der Waals surface area (Å²) in [6, 6.07) is 38.1. The number of hydrogen-bond donors (Lipinski definition) is 0. The topological polar surface area (TPSA) is 49.7 Å². The molecule has 2 amide bonds. The number of amides is 2. The van der Waals surface area contributed by atoms with E-state index in [0.29, 0.717) is 11.1 Å². The third kappa shape index (κ3) is 3.29. The van der Waals surface area contributed by atoms with Gasteiger partial charge >= 0.3 is 0 Å². The van der Waals surface area contributed by atoms with Gasteiger partial charge in [0, 0.05) is 22.7 Å². The summed E-state index contributed by atoms with van der Waals surface area (Å²) in [5, 5.41) is 8.58. The summed E-state index contributed by atoms with van der Waals surface area (Å²) in [6.07, 6.45) is 1.81. The zero-order valence-electron chi connectivity index (χ0n) is 21.5. The Morgan fingerprint density at radius 2 is 1.15 bits per heavy atom. The molecule has 0 fully saturated rings. The van der Waals surface area contributed by atoms with Gasteiger partial charge in [0.2, 0.25) is 0 Å². The van der Waals surface area contributed by atoms with Crippen molar-refractivity contribution in [3.05, 3.63) is 138 Å². The van der Waals surface area contributed by atoms with E-state index in [9.17, 15) is 9.59 Å². The summed E-state index contributed by atoms with van der Waals surface area (Å²) in [5.41, 5.74) is 3.87. The van der Waals surface area contributed by atoms with Gasteiger partial charge in [-0.1, -0.05) is 91.0 Å². The van der Waals surface area contributed by atoms with Crippen molar-refractivity contribution in [2.75, 3.05) is 0 Å². The number of nitrogens with zero attached hydrogens (tertiary/aromatic N) is 2. The number of hydrogen-bond acceptors (Lipinski definition) is 3. The first-order valence-corrected chi connectivity index (χ1v) is 13.3. The lowest BCUT2D eigenvalue weighted by Gasteiger charge is -2.28. The van der Waals surface area contributed by atoms with Crippen molar-refractivity contribution in [1.29, 1.82) is 0 Å². The van der Waals surface area contributed by atoms with Gasteiger partial charge in [-0.3, -0.25) is 19.5 Å². The van der Waals surface area contributed by atoms with Crippen molar-refractivity contribution >= 4 is 66.8 Å². The van der Waals surface area contributed by atoms with Gasteiger partial charge in [-0.25, -0.2) is 0 Å². The maximum absolute atomic E-state index is 13.8. The average Bonchev–Trinajstić information content (AvgIpc) is 3.01. The lowest BCUT2D eigenvalue weighted by molar-refractivity contribution is 0.0598. The van der Waals surface area contributed by atoms with Crippen LogP contribution in [0.4, 0.5) is 5.69 Å². The fraction of sp³-hybridized carbons (Fsp3) is 0.0278. The molecule has 1 aliphatic rings. The summed E-state index contributed by atoms with van der Waals surface area (Å²) in [4.78, 5) is 33.5. The van der Waals surface area contributed by atoms with Crippen LogP contribution in [0.3, 0.4) is 0 Å². The van der Waals surface area contributed by atoms with E-state index >= 15 is 0 Å². The molecule has 0 unspecified atom stereocenters. The molecular formula is C36H22N2O2. The monoisotopic (exact) mass is 514 g/mol. The second-order valence-corrected chi connectivity index (χ2v) is 10.3. The van der Waals surface area contributed by atoms with E-state index in [1.807, 2.05) is 85.1 Å². The van der Waals surface area contributed by atoms with Gasteiger partial charge in [-0.05, 0) is 73.1 Å². The highest BCUT2D eigenvalue weighted by Gasteiger charge is 2.34. The number of aliphatic imine (C=N–C) groups is 1. The van der Waals surface area contributed by atoms with Crippen LogP contribution in [0.1, 0.15) is 31.8 Å². The van der Waals surface area contributed by atoms with Crippen LogP contribution in [-0.4, -0.2) is 22.9 Å². The zero-order valence-corrected chi connectivity index (χ0v) is 21.5. The van der Waals surface area contributed by atoms with E-state index in [-0.39, 0.29) is 18.4 Å². The fourth-order valence-electron chi connectivity index (χ4n) is 6.17. The van der Waals surface area contributed by atoms with Gasteiger partial charge < -0.3 is 0 Å². The molecule has 0 N–H and O–H groups in total.